The quantitative estimate of drug-likeness (QED) is 0.630. The van der Waals surface area contributed by atoms with E-state index in [0.29, 0.717) is 17.4 Å². The predicted molar refractivity (Wildman–Crippen MR) is 86.8 cm³/mol. The van der Waals surface area contributed by atoms with Crippen molar-refractivity contribution >= 4 is 22.4 Å². The minimum Gasteiger partial charge on any atom is -0.479 e. The van der Waals surface area contributed by atoms with Crippen LogP contribution in [0.5, 0.6) is 5.75 Å². The molecule has 114 valence electrons. The standard InChI is InChI=1S/C15H18N6O/c1-8-12-13(14(17)20-19-8)9(2)21(15(12)18)10-3-5-11(6-4-10)22-7-16/h3-6H,7,16,18H2,1-2H3,(H2,17,20). The second kappa shape index (κ2) is 5.19. The molecule has 0 aliphatic heterocycles. The number of aryl methyl sites for hydroxylation is 2. The summed E-state index contributed by atoms with van der Waals surface area (Å²) in [6.45, 7) is 3.97. The summed E-state index contributed by atoms with van der Waals surface area (Å²) in [6.07, 6.45) is 0. The summed E-state index contributed by atoms with van der Waals surface area (Å²) in [5.41, 5.74) is 20.3. The van der Waals surface area contributed by atoms with Crippen molar-refractivity contribution < 1.29 is 4.74 Å². The van der Waals surface area contributed by atoms with Crippen LogP contribution in [0.1, 0.15) is 11.4 Å². The molecule has 0 fully saturated rings. The third-order valence-corrected chi connectivity index (χ3v) is 3.71. The van der Waals surface area contributed by atoms with E-state index in [4.69, 9.17) is 21.9 Å². The van der Waals surface area contributed by atoms with Gasteiger partial charge in [-0.2, -0.15) is 5.10 Å². The van der Waals surface area contributed by atoms with Crippen molar-refractivity contribution in [2.24, 2.45) is 5.73 Å². The highest BCUT2D eigenvalue weighted by molar-refractivity contribution is 6.02. The molecule has 0 aliphatic carbocycles. The van der Waals surface area contributed by atoms with E-state index in [9.17, 15) is 0 Å². The molecule has 0 saturated heterocycles. The largest absolute Gasteiger partial charge is 0.479 e. The van der Waals surface area contributed by atoms with E-state index in [1.165, 1.54) is 0 Å². The van der Waals surface area contributed by atoms with Gasteiger partial charge < -0.3 is 16.2 Å². The van der Waals surface area contributed by atoms with Gasteiger partial charge in [0.1, 0.15) is 18.3 Å². The van der Waals surface area contributed by atoms with Gasteiger partial charge in [-0.1, -0.05) is 0 Å². The van der Waals surface area contributed by atoms with Crippen molar-refractivity contribution in [3.8, 4) is 11.4 Å². The van der Waals surface area contributed by atoms with Gasteiger partial charge in [-0.05, 0) is 38.1 Å². The molecule has 7 heteroatoms. The lowest BCUT2D eigenvalue weighted by atomic mass is 10.2. The Morgan fingerprint density at radius 3 is 2.32 bits per heavy atom. The van der Waals surface area contributed by atoms with E-state index >= 15 is 0 Å². The topological polar surface area (TPSA) is 118 Å². The number of aromatic nitrogens is 3. The van der Waals surface area contributed by atoms with Gasteiger partial charge in [0.05, 0.1) is 16.5 Å². The Bertz CT molecular complexity index is 793. The number of nitrogens with two attached hydrogens (primary N) is 3. The van der Waals surface area contributed by atoms with Gasteiger partial charge in [0.2, 0.25) is 0 Å². The molecule has 3 rings (SSSR count). The van der Waals surface area contributed by atoms with Gasteiger partial charge in [0, 0.05) is 11.4 Å². The Labute approximate surface area is 127 Å². The Morgan fingerprint density at radius 2 is 1.73 bits per heavy atom. The number of ether oxygens (including phenoxy) is 1. The smallest absolute Gasteiger partial charge is 0.155 e. The summed E-state index contributed by atoms with van der Waals surface area (Å²) in [4.78, 5) is 0. The number of nitrogen functional groups attached to an aromatic ring is 2. The Morgan fingerprint density at radius 1 is 1.05 bits per heavy atom. The zero-order valence-corrected chi connectivity index (χ0v) is 12.5. The van der Waals surface area contributed by atoms with Gasteiger partial charge in [-0.15, -0.1) is 5.10 Å². The fourth-order valence-electron chi connectivity index (χ4n) is 2.74. The van der Waals surface area contributed by atoms with Crippen LogP contribution in [0.3, 0.4) is 0 Å². The number of benzene rings is 1. The van der Waals surface area contributed by atoms with Crippen LogP contribution in [-0.4, -0.2) is 21.5 Å². The van der Waals surface area contributed by atoms with Gasteiger partial charge in [0.25, 0.3) is 0 Å². The number of hydrogen-bond acceptors (Lipinski definition) is 6. The van der Waals surface area contributed by atoms with Crippen LogP contribution >= 0.6 is 0 Å². The van der Waals surface area contributed by atoms with E-state index in [0.717, 1.165) is 27.8 Å². The highest BCUT2D eigenvalue weighted by atomic mass is 16.5. The number of fused-ring (bicyclic) bond motifs is 1. The molecule has 2 aromatic heterocycles. The minimum atomic E-state index is 0.140. The number of nitrogens with zero attached hydrogens (tertiary/aromatic N) is 3. The van der Waals surface area contributed by atoms with Crippen LogP contribution in [0.15, 0.2) is 24.3 Å². The first kappa shape index (κ1) is 14.2. The summed E-state index contributed by atoms with van der Waals surface area (Å²) in [5.74, 6) is 1.68. The lowest BCUT2D eigenvalue weighted by Crippen LogP contribution is -2.07. The maximum atomic E-state index is 6.33. The highest BCUT2D eigenvalue weighted by Gasteiger charge is 2.18. The maximum absolute atomic E-state index is 6.33. The highest BCUT2D eigenvalue weighted by Crippen LogP contribution is 2.35. The van der Waals surface area contributed by atoms with Crippen molar-refractivity contribution in [2.75, 3.05) is 18.2 Å². The molecule has 0 amide bonds. The lowest BCUT2D eigenvalue weighted by Gasteiger charge is -2.10. The number of rotatable bonds is 3. The summed E-state index contributed by atoms with van der Waals surface area (Å²) in [5, 5.41) is 9.71. The SMILES string of the molecule is Cc1nnc(N)c2c(C)n(-c3ccc(OCN)cc3)c(N)c12. The molecule has 0 unspecified atom stereocenters. The zero-order chi connectivity index (χ0) is 15.9. The summed E-state index contributed by atoms with van der Waals surface area (Å²) in [7, 11) is 0. The normalized spacial score (nSPS) is 11.0. The molecule has 1 aromatic carbocycles. The van der Waals surface area contributed by atoms with Crippen LogP contribution < -0.4 is 21.9 Å². The Balaban J connectivity index is 2.23. The summed E-state index contributed by atoms with van der Waals surface area (Å²) < 4.78 is 7.19. The van der Waals surface area contributed by atoms with Crippen LogP contribution in [-0.2, 0) is 0 Å². The molecule has 0 bridgehead atoms. The minimum absolute atomic E-state index is 0.140. The fraction of sp³-hybridized carbons (Fsp3) is 0.200. The van der Waals surface area contributed by atoms with Crippen molar-refractivity contribution in [3.63, 3.8) is 0 Å². The zero-order valence-electron chi connectivity index (χ0n) is 12.5. The van der Waals surface area contributed by atoms with Crippen molar-refractivity contribution in [1.82, 2.24) is 14.8 Å². The lowest BCUT2D eigenvalue weighted by molar-refractivity contribution is 0.329. The van der Waals surface area contributed by atoms with Crippen molar-refractivity contribution in [1.29, 1.82) is 0 Å². The monoisotopic (exact) mass is 298 g/mol. The first-order chi connectivity index (χ1) is 10.5. The van der Waals surface area contributed by atoms with Gasteiger partial charge in [0.15, 0.2) is 5.82 Å². The molecule has 0 spiro atoms. The molecule has 0 atom stereocenters. The summed E-state index contributed by atoms with van der Waals surface area (Å²) in [6, 6.07) is 7.52. The summed E-state index contributed by atoms with van der Waals surface area (Å²) >= 11 is 0. The van der Waals surface area contributed by atoms with Gasteiger partial charge in [-0.3, -0.25) is 10.3 Å². The molecule has 0 radical (unpaired) electrons. The van der Waals surface area contributed by atoms with Crippen LogP contribution in [0, 0.1) is 13.8 Å². The Kier molecular flexibility index (Phi) is 3.34. The first-order valence-electron chi connectivity index (χ1n) is 6.87. The third kappa shape index (κ3) is 2.03. The molecule has 0 aliphatic rings. The molecular weight excluding hydrogens is 280 g/mol. The second-order valence-corrected chi connectivity index (χ2v) is 5.03. The number of hydrogen-bond donors (Lipinski definition) is 3. The van der Waals surface area contributed by atoms with E-state index in [1.54, 1.807) is 0 Å². The molecule has 7 nitrogen and oxygen atoms in total. The second-order valence-electron chi connectivity index (χ2n) is 5.03. The maximum Gasteiger partial charge on any atom is 0.155 e. The van der Waals surface area contributed by atoms with E-state index < -0.39 is 0 Å². The van der Waals surface area contributed by atoms with Crippen molar-refractivity contribution in [2.45, 2.75) is 13.8 Å². The fourth-order valence-corrected chi connectivity index (χ4v) is 2.74. The average Bonchev–Trinajstić information content (AvgIpc) is 2.77. The van der Waals surface area contributed by atoms with Crippen molar-refractivity contribution in [3.05, 3.63) is 35.7 Å². The molecule has 6 N–H and O–H groups in total. The Hall–Kier alpha value is -2.80. The molecule has 22 heavy (non-hydrogen) atoms. The molecule has 0 saturated carbocycles. The third-order valence-electron chi connectivity index (χ3n) is 3.71. The average molecular weight is 298 g/mol. The van der Waals surface area contributed by atoms with E-state index in [-0.39, 0.29) is 6.73 Å². The van der Waals surface area contributed by atoms with E-state index in [1.807, 2.05) is 42.7 Å². The van der Waals surface area contributed by atoms with Crippen LogP contribution in [0.25, 0.3) is 16.5 Å². The first-order valence-corrected chi connectivity index (χ1v) is 6.87. The predicted octanol–water partition coefficient (Wildman–Crippen LogP) is 1.50. The molecule has 2 heterocycles. The molecule has 3 aromatic rings. The van der Waals surface area contributed by atoms with Crippen LogP contribution in [0.2, 0.25) is 0 Å². The van der Waals surface area contributed by atoms with Crippen LogP contribution in [0.4, 0.5) is 11.6 Å². The van der Waals surface area contributed by atoms with Gasteiger partial charge >= 0.3 is 0 Å². The van der Waals surface area contributed by atoms with E-state index in [2.05, 4.69) is 10.2 Å². The van der Waals surface area contributed by atoms with Gasteiger partial charge in [-0.25, -0.2) is 0 Å². The number of anilines is 2. The molecular formula is C15H18N6O.